The van der Waals surface area contributed by atoms with E-state index in [1.807, 2.05) is 43.3 Å². The van der Waals surface area contributed by atoms with Crippen molar-refractivity contribution in [1.82, 2.24) is 0 Å². The number of amides is 1. The Labute approximate surface area is 90.1 Å². The van der Waals surface area contributed by atoms with Crippen molar-refractivity contribution >= 4 is 12.0 Å². The lowest BCUT2D eigenvalue weighted by atomic mass is 10.1. The quantitative estimate of drug-likeness (QED) is 0.592. The van der Waals surface area contributed by atoms with Crippen molar-refractivity contribution in [2.45, 2.75) is 13.8 Å². The molecule has 1 amide bonds. The molecule has 0 aliphatic heterocycles. The Morgan fingerprint density at radius 3 is 2.33 bits per heavy atom. The smallest absolute Gasteiger partial charge is 0.244 e. The summed E-state index contributed by atoms with van der Waals surface area (Å²) in [6.07, 6.45) is 3.79. The molecule has 0 radical (unpaired) electrons. The van der Waals surface area contributed by atoms with Gasteiger partial charge in [0, 0.05) is 5.57 Å². The Bertz CT molecular complexity index is 402. The standard InChI is InChI=1S/C13H15NO/c1-10(8-11(2)13(14)15)9-12-6-4-3-5-7-12/h3-9H,1-2H3,(H2,14,15)/b10-9+,11-8+. The third-order valence-corrected chi connectivity index (χ3v) is 2.03. The van der Waals surface area contributed by atoms with E-state index in [1.165, 1.54) is 0 Å². The molecule has 0 saturated heterocycles. The maximum Gasteiger partial charge on any atom is 0.244 e. The molecule has 0 aliphatic carbocycles. The number of benzene rings is 1. The highest BCUT2D eigenvalue weighted by atomic mass is 16.1. The van der Waals surface area contributed by atoms with Gasteiger partial charge >= 0.3 is 0 Å². The number of hydrogen-bond donors (Lipinski definition) is 1. The third kappa shape index (κ3) is 3.81. The van der Waals surface area contributed by atoms with Gasteiger partial charge in [-0.05, 0) is 19.4 Å². The van der Waals surface area contributed by atoms with Crippen LogP contribution in [0.15, 0.2) is 47.6 Å². The van der Waals surface area contributed by atoms with Crippen molar-refractivity contribution in [3.8, 4) is 0 Å². The predicted octanol–water partition coefficient (Wildman–Crippen LogP) is 2.52. The molecule has 0 unspecified atom stereocenters. The number of nitrogens with two attached hydrogens (primary N) is 1. The van der Waals surface area contributed by atoms with E-state index in [1.54, 1.807) is 13.0 Å². The molecule has 0 atom stereocenters. The number of carbonyl (C=O) groups is 1. The Balaban J connectivity index is 2.86. The van der Waals surface area contributed by atoms with Gasteiger partial charge in [0.25, 0.3) is 0 Å². The first-order chi connectivity index (χ1) is 7.09. The fraction of sp³-hybridized carbons (Fsp3) is 0.154. The van der Waals surface area contributed by atoms with Crippen LogP contribution in [0, 0.1) is 0 Å². The molecular formula is C13H15NO. The van der Waals surface area contributed by atoms with Crippen LogP contribution in [0.2, 0.25) is 0 Å². The van der Waals surface area contributed by atoms with E-state index in [-0.39, 0.29) is 5.91 Å². The second kappa shape index (κ2) is 5.15. The van der Waals surface area contributed by atoms with Gasteiger partial charge in [-0.3, -0.25) is 4.79 Å². The van der Waals surface area contributed by atoms with Gasteiger partial charge in [-0.1, -0.05) is 48.1 Å². The Hall–Kier alpha value is -1.83. The molecular weight excluding hydrogens is 186 g/mol. The van der Waals surface area contributed by atoms with Gasteiger partial charge in [-0.2, -0.15) is 0 Å². The number of carbonyl (C=O) groups excluding carboxylic acids is 1. The molecule has 1 aromatic carbocycles. The lowest BCUT2D eigenvalue weighted by molar-refractivity contribution is -0.114. The summed E-state index contributed by atoms with van der Waals surface area (Å²) < 4.78 is 0. The van der Waals surface area contributed by atoms with Gasteiger partial charge in [0.2, 0.25) is 5.91 Å². The molecule has 1 rings (SSSR count). The predicted molar refractivity (Wildman–Crippen MR) is 63.0 cm³/mol. The zero-order valence-electron chi connectivity index (χ0n) is 9.03. The number of hydrogen-bond acceptors (Lipinski definition) is 1. The van der Waals surface area contributed by atoms with E-state index in [0.29, 0.717) is 5.57 Å². The molecule has 15 heavy (non-hydrogen) atoms. The van der Waals surface area contributed by atoms with E-state index < -0.39 is 0 Å². The van der Waals surface area contributed by atoms with Crippen molar-refractivity contribution in [3.63, 3.8) is 0 Å². The van der Waals surface area contributed by atoms with Crippen molar-refractivity contribution in [3.05, 3.63) is 53.1 Å². The van der Waals surface area contributed by atoms with Gasteiger partial charge in [-0.15, -0.1) is 0 Å². The van der Waals surface area contributed by atoms with Crippen LogP contribution in [0.4, 0.5) is 0 Å². The second-order valence-corrected chi connectivity index (χ2v) is 3.49. The normalized spacial score (nSPS) is 12.7. The summed E-state index contributed by atoms with van der Waals surface area (Å²) in [5.74, 6) is -0.379. The summed E-state index contributed by atoms with van der Waals surface area (Å²) in [5, 5.41) is 0. The van der Waals surface area contributed by atoms with Gasteiger partial charge in [-0.25, -0.2) is 0 Å². The Morgan fingerprint density at radius 1 is 1.20 bits per heavy atom. The summed E-state index contributed by atoms with van der Waals surface area (Å²) in [5.41, 5.74) is 7.84. The summed E-state index contributed by atoms with van der Waals surface area (Å²) in [4.78, 5) is 10.8. The lowest BCUT2D eigenvalue weighted by Gasteiger charge is -1.97. The van der Waals surface area contributed by atoms with Gasteiger partial charge < -0.3 is 5.73 Å². The number of allylic oxidation sites excluding steroid dienone is 2. The molecule has 0 heterocycles. The fourth-order valence-corrected chi connectivity index (χ4v) is 1.27. The van der Waals surface area contributed by atoms with E-state index in [9.17, 15) is 4.79 Å². The number of primary amides is 1. The van der Waals surface area contributed by atoms with E-state index in [4.69, 9.17) is 5.73 Å². The maximum absolute atomic E-state index is 10.8. The SMILES string of the molecule is CC(=C\c1ccccc1)/C=C(\C)C(N)=O. The van der Waals surface area contributed by atoms with Crippen LogP contribution >= 0.6 is 0 Å². The molecule has 2 nitrogen and oxygen atoms in total. The van der Waals surface area contributed by atoms with Crippen LogP contribution in [0.5, 0.6) is 0 Å². The van der Waals surface area contributed by atoms with Crippen LogP contribution in [0.3, 0.4) is 0 Å². The highest BCUT2D eigenvalue weighted by molar-refractivity contribution is 5.92. The third-order valence-electron chi connectivity index (χ3n) is 2.03. The summed E-state index contributed by atoms with van der Waals surface area (Å²) in [6.45, 7) is 3.66. The first-order valence-corrected chi connectivity index (χ1v) is 4.81. The molecule has 0 bridgehead atoms. The Kier molecular flexibility index (Phi) is 3.86. The lowest BCUT2D eigenvalue weighted by Crippen LogP contribution is -2.11. The highest BCUT2D eigenvalue weighted by Gasteiger charge is 1.96. The molecule has 0 fully saturated rings. The van der Waals surface area contributed by atoms with E-state index >= 15 is 0 Å². The minimum atomic E-state index is -0.379. The maximum atomic E-state index is 10.8. The van der Waals surface area contributed by atoms with Gasteiger partial charge in [0.15, 0.2) is 0 Å². The topological polar surface area (TPSA) is 43.1 Å². The minimum absolute atomic E-state index is 0.379. The van der Waals surface area contributed by atoms with Crippen molar-refractivity contribution in [1.29, 1.82) is 0 Å². The van der Waals surface area contributed by atoms with Crippen molar-refractivity contribution < 1.29 is 4.79 Å². The summed E-state index contributed by atoms with van der Waals surface area (Å²) in [7, 11) is 0. The van der Waals surface area contributed by atoms with Crippen LogP contribution in [-0.4, -0.2) is 5.91 Å². The van der Waals surface area contributed by atoms with E-state index in [0.717, 1.165) is 11.1 Å². The largest absolute Gasteiger partial charge is 0.366 e. The second-order valence-electron chi connectivity index (χ2n) is 3.49. The summed E-state index contributed by atoms with van der Waals surface area (Å²) in [6, 6.07) is 9.94. The first kappa shape index (κ1) is 11.2. The average Bonchev–Trinajstić information content (AvgIpc) is 2.18. The molecule has 2 heteroatoms. The van der Waals surface area contributed by atoms with Crippen LogP contribution in [0.1, 0.15) is 19.4 Å². The number of rotatable bonds is 3. The van der Waals surface area contributed by atoms with Crippen molar-refractivity contribution in [2.75, 3.05) is 0 Å². The molecule has 2 N–H and O–H groups in total. The zero-order chi connectivity index (χ0) is 11.3. The zero-order valence-corrected chi connectivity index (χ0v) is 9.03. The average molecular weight is 201 g/mol. The molecule has 0 aromatic heterocycles. The monoisotopic (exact) mass is 201 g/mol. The van der Waals surface area contributed by atoms with Gasteiger partial charge in [0.1, 0.15) is 0 Å². The summed E-state index contributed by atoms with van der Waals surface area (Å²) >= 11 is 0. The molecule has 0 aliphatic rings. The molecule has 78 valence electrons. The van der Waals surface area contributed by atoms with Crippen molar-refractivity contribution in [2.24, 2.45) is 5.73 Å². The Morgan fingerprint density at radius 2 is 1.80 bits per heavy atom. The fourth-order valence-electron chi connectivity index (χ4n) is 1.27. The molecule has 0 saturated carbocycles. The van der Waals surface area contributed by atoms with Crippen LogP contribution in [0.25, 0.3) is 6.08 Å². The molecule has 0 spiro atoms. The van der Waals surface area contributed by atoms with Gasteiger partial charge in [0.05, 0.1) is 0 Å². The minimum Gasteiger partial charge on any atom is -0.366 e. The highest BCUT2D eigenvalue weighted by Crippen LogP contribution is 2.08. The van der Waals surface area contributed by atoms with Crippen LogP contribution < -0.4 is 5.73 Å². The first-order valence-electron chi connectivity index (χ1n) is 4.81. The van der Waals surface area contributed by atoms with E-state index in [2.05, 4.69) is 0 Å². The molecule has 1 aromatic rings. The van der Waals surface area contributed by atoms with Crippen LogP contribution in [-0.2, 0) is 4.79 Å².